The minimum atomic E-state index is -3.39. The summed E-state index contributed by atoms with van der Waals surface area (Å²) in [5.74, 6) is -0.0918. The fourth-order valence-electron chi connectivity index (χ4n) is 7.30. The van der Waals surface area contributed by atoms with Crippen LogP contribution in [0.2, 0.25) is 0 Å². The first-order valence-electron chi connectivity index (χ1n) is 18.4. The highest BCUT2D eigenvalue weighted by Crippen LogP contribution is 2.56. The number of amidine groups is 1. The molecule has 0 aromatic heterocycles. The summed E-state index contributed by atoms with van der Waals surface area (Å²) in [6.45, 7) is 2.55. The van der Waals surface area contributed by atoms with Gasteiger partial charge in [-0.25, -0.2) is 22.3 Å². The molecule has 1 aliphatic carbocycles. The molecule has 0 radical (unpaired) electrons. The first-order chi connectivity index (χ1) is 26.2. The Bertz CT molecular complexity index is 2020. The number of hydrogen-bond acceptors (Lipinski definition) is 7. The van der Waals surface area contributed by atoms with Gasteiger partial charge in [0.2, 0.25) is 10.0 Å². The Balaban J connectivity index is 1.35. The number of benzene rings is 4. The lowest BCUT2D eigenvalue weighted by Gasteiger charge is -2.55. The van der Waals surface area contributed by atoms with Crippen LogP contribution >= 0.6 is 0 Å². The fraction of sp³-hybridized carbons (Fsp3) is 0.357. The van der Waals surface area contributed by atoms with Crippen LogP contribution in [0.25, 0.3) is 0 Å². The van der Waals surface area contributed by atoms with Crippen LogP contribution in [0.5, 0.6) is 5.75 Å². The number of sulfonamides is 1. The Hall–Kier alpha value is -5.07. The Labute approximate surface area is 316 Å². The second-order valence-electron chi connectivity index (χ2n) is 13.7. The largest absolute Gasteiger partial charge is 0.492 e. The topological polar surface area (TPSA) is 124 Å². The number of carbonyl (C=O) groups is 2. The Morgan fingerprint density at radius 1 is 0.907 bits per heavy atom. The van der Waals surface area contributed by atoms with Crippen LogP contribution < -0.4 is 9.46 Å². The Morgan fingerprint density at radius 3 is 2.20 bits per heavy atom. The van der Waals surface area contributed by atoms with E-state index in [4.69, 9.17) is 14.2 Å². The van der Waals surface area contributed by atoms with Gasteiger partial charge in [-0.3, -0.25) is 4.79 Å². The van der Waals surface area contributed by atoms with Gasteiger partial charge in [0.15, 0.2) is 0 Å². The minimum Gasteiger partial charge on any atom is -0.492 e. The summed E-state index contributed by atoms with van der Waals surface area (Å²) in [5.41, 5.74) is 4.04. The molecule has 1 fully saturated rings. The zero-order chi connectivity index (χ0) is 38.0. The Morgan fingerprint density at radius 2 is 1.57 bits per heavy atom. The smallest absolute Gasteiger partial charge is 0.435 e. The van der Waals surface area contributed by atoms with Crippen molar-refractivity contribution in [2.45, 2.75) is 70.1 Å². The van der Waals surface area contributed by atoms with Gasteiger partial charge in [-0.2, -0.15) is 4.99 Å². The molecule has 54 heavy (non-hydrogen) atoms. The van der Waals surface area contributed by atoms with Crippen LogP contribution in [0.4, 0.5) is 9.18 Å². The van der Waals surface area contributed by atoms with E-state index in [9.17, 15) is 22.4 Å². The quantitative estimate of drug-likeness (QED) is 0.0576. The van der Waals surface area contributed by atoms with E-state index >= 15 is 0 Å². The van der Waals surface area contributed by atoms with Gasteiger partial charge in [-0.05, 0) is 77.8 Å². The molecule has 284 valence electrons. The van der Waals surface area contributed by atoms with Crippen molar-refractivity contribution in [3.63, 3.8) is 0 Å². The molecule has 1 unspecified atom stereocenters. The van der Waals surface area contributed by atoms with Gasteiger partial charge in [0.05, 0.1) is 11.8 Å². The summed E-state index contributed by atoms with van der Waals surface area (Å²) in [5, 5.41) is 0. The number of rotatable bonds is 15. The lowest BCUT2D eigenvalue weighted by atomic mass is 9.57. The second kappa shape index (κ2) is 17.8. The third kappa shape index (κ3) is 9.72. The van der Waals surface area contributed by atoms with Crippen molar-refractivity contribution in [1.29, 1.82) is 0 Å². The van der Waals surface area contributed by atoms with Gasteiger partial charge >= 0.3 is 12.1 Å². The van der Waals surface area contributed by atoms with Crippen molar-refractivity contribution in [2.24, 2.45) is 4.99 Å². The third-order valence-corrected chi connectivity index (χ3v) is 11.6. The summed E-state index contributed by atoms with van der Waals surface area (Å²) in [6.07, 6.45) is 2.44. The van der Waals surface area contributed by atoms with Crippen molar-refractivity contribution >= 4 is 27.9 Å². The van der Waals surface area contributed by atoms with E-state index < -0.39 is 33.5 Å². The number of aliphatic imine (C=N–C) groups is 1. The highest BCUT2D eigenvalue weighted by atomic mass is 32.2. The van der Waals surface area contributed by atoms with Crippen molar-refractivity contribution in [1.82, 2.24) is 9.62 Å². The monoisotopic (exact) mass is 755 g/mol. The lowest BCUT2D eigenvalue weighted by molar-refractivity contribution is -0.143. The first-order valence-corrected chi connectivity index (χ1v) is 20.0. The molecule has 1 N–H and O–H groups in total. The summed E-state index contributed by atoms with van der Waals surface area (Å²) < 4.78 is 58.6. The second-order valence-corrected chi connectivity index (χ2v) is 15.6. The van der Waals surface area contributed by atoms with E-state index in [2.05, 4.69) is 9.71 Å². The standard InChI is InChI=1S/C42H46FN3O7S/c1-2-26-54(49,50)44-23-25-51-36-19-14-33-20-24-46(40(37(33)27-36)42(21-9-22-42)34-15-17-35(43)18-16-34)38(28-39(47)52-29-31-10-5-3-6-11-31)45-41(48)53-30-32-12-7-4-8-13-32/h3-8,10-19,27,40,44H,2,9,20-26,28-30H2,1H3/b45-38+. The number of hydrogen-bond donors (Lipinski definition) is 1. The maximum absolute atomic E-state index is 14.3. The Kier molecular flexibility index (Phi) is 12.8. The number of fused-ring (bicyclic) bond motifs is 1. The highest BCUT2D eigenvalue weighted by molar-refractivity contribution is 7.89. The number of amides is 1. The van der Waals surface area contributed by atoms with Gasteiger partial charge < -0.3 is 19.1 Å². The van der Waals surface area contributed by atoms with E-state index in [0.717, 1.165) is 47.1 Å². The molecule has 12 heteroatoms. The maximum atomic E-state index is 14.3. The molecule has 0 spiro atoms. The number of ether oxygens (including phenoxy) is 3. The molecule has 0 bridgehead atoms. The van der Waals surface area contributed by atoms with E-state index in [1.54, 1.807) is 6.92 Å². The van der Waals surface area contributed by atoms with Gasteiger partial charge in [0.25, 0.3) is 0 Å². The SMILES string of the molecule is CCCS(=O)(=O)NCCOc1ccc2c(c1)C(C1(c3ccc(F)cc3)CCC1)N(/C(CC(=O)OCc1ccccc1)=N/C(=O)OCc1ccccc1)CC2. The maximum Gasteiger partial charge on any atom is 0.435 e. The van der Waals surface area contributed by atoms with Crippen molar-refractivity contribution in [3.8, 4) is 5.75 Å². The van der Waals surface area contributed by atoms with E-state index in [1.165, 1.54) is 12.1 Å². The van der Waals surface area contributed by atoms with E-state index in [1.807, 2.05) is 95.9 Å². The van der Waals surface area contributed by atoms with Crippen LogP contribution in [-0.4, -0.2) is 56.7 Å². The lowest BCUT2D eigenvalue weighted by Crippen LogP contribution is -2.53. The number of halogens is 1. The number of esters is 1. The molecule has 1 amide bonds. The molecule has 1 saturated carbocycles. The first kappa shape index (κ1) is 38.6. The zero-order valence-corrected chi connectivity index (χ0v) is 31.2. The predicted molar refractivity (Wildman–Crippen MR) is 204 cm³/mol. The molecule has 4 aromatic rings. The summed E-state index contributed by atoms with van der Waals surface area (Å²) in [6, 6.07) is 30.6. The predicted octanol–water partition coefficient (Wildman–Crippen LogP) is 7.42. The third-order valence-electron chi connectivity index (χ3n) is 10.0. The zero-order valence-electron chi connectivity index (χ0n) is 30.4. The van der Waals surface area contributed by atoms with Crippen LogP contribution in [0, 0.1) is 5.82 Å². The summed E-state index contributed by atoms with van der Waals surface area (Å²) in [4.78, 5) is 33.5. The molecule has 2 aliphatic rings. The molecule has 10 nitrogen and oxygen atoms in total. The molecule has 1 aliphatic heterocycles. The summed E-state index contributed by atoms with van der Waals surface area (Å²) >= 11 is 0. The van der Waals surface area contributed by atoms with Crippen LogP contribution in [0.15, 0.2) is 108 Å². The van der Waals surface area contributed by atoms with Crippen LogP contribution in [0.3, 0.4) is 0 Å². The number of carbonyl (C=O) groups excluding carboxylic acids is 2. The van der Waals surface area contributed by atoms with E-state index in [-0.39, 0.29) is 50.2 Å². The molecular weight excluding hydrogens is 710 g/mol. The van der Waals surface area contributed by atoms with Crippen molar-refractivity contribution in [2.75, 3.05) is 25.4 Å². The fourth-order valence-corrected chi connectivity index (χ4v) is 8.38. The van der Waals surface area contributed by atoms with Crippen LogP contribution in [-0.2, 0) is 49.3 Å². The van der Waals surface area contributed by atoms with Crippen molar-refractivity contribution in [3.05, 3.63) is 137 Å². The molecule has 6 rings (SSSR count). The summed E-state index contributed by atoms with van der Waals surface area (Å²) in [7, 11) is -3.39. The van der Waals surface area contributed by atoms with Gasteiger partial charge in [0.1, 0.15) is 43.6 Å². The van der Waals surface area contributed by atoms with E-state index in [0.29, 0.717) is 25.1 Å². The van der Waals surface area contributed by atoms with Gasteiger partial charge in [0, 0.05) is 18.5 Å². The van der Waals surface area contributed by atoms with Gasteiger partial charge in [-0.15, -0.1) is 0 Å². The van der Waals surface area contributed by atoms with Gasteiger partial charge in [-0.1, -0.05) is 92.2 Å². The molecule has 1 heterocycles. The average Bonchev–Trinajstić information content (AvgIpc) is 3.16. The molecule has 4 aromatic carbocycles. The number of nitrogens with one attached hydrogen (secondary N) is 1. The number of nitrogens with zero attached hydrogens (tertiary/aromatic N) is 2. The minimum absolute atomic E-state index is 0.00991. The molecular formula is C42H46FN3O7S. The molecule has 0 saturated heterocycles. The molecule has 1 atom stereocenters. The highest BCUT2D eigenvalue weighted by Gasteiger charge is 2.51. The average molecular weight is 756 g/mol. The van der Waals surface area contributed by atoms with Crippen LogP contribution in [0.1, 0.15) is 72.9 Å². The normalized spacial score (nSPS) is 16.5. The van der Waals surface area contributed by atoms with Crippen molar-refractivity contribution < 1.29 is 36.6 Å².